The second-order valence-electron chi connectivity index (χ2n) is 15.1. The van der Waals surface area contributed by atoms with Crippen LogP contribution in [0.25, 0.3) is 33.3 Å². The molecule has 0 amide bonds. The van der Waals surface area contributed by atoms with Crippen LogP contribution < -0.4 is 4.74 Å². The molecule has 6 heteroatoms. The smallest absolute Gasteiger partial charge is 0.509 e. The van der Waals surface area contributed by atoms with Crippen LogP contribution >= 0.6 is 0 Å². The summed E-state index contributed by atoms with van der Waals surface area (Å²) in [4.78, 5) is 4.82. The summed E-state index contributed by atoms with van der Waals surface area (Å²) in [6, 6.07) is 28.6. The molecular weight excluding hydrogens is 808 g/mol. The first-order valence-corrected chi connectivity index (χ1v) is 18.5. The van der Waals surface area contributed by atoms with Gasteiger partial charge < -0.3 is 9.30 Å². The van der Waals surface area contributed by atoms with E-state index >= 15 is 0 Å². The maximum absolute atomic E-state index is 6.70. The van der Waals surface area contributed by atoms with Gasteiger partial charge in [0.1, 0.15) is 5.82 Å². The van der Waals surface area contributed by atoms with E-state index in [4.69, 9.17) is 14.8 Å². The van der Waals surface area contributed by atoms with Crippen LogP contribution in [0.15, 0.2) is 78.5 Å². The molecule has 0 saturated heterocycles. The van der Waals surface area contributed by atoms with Crippen molar-refractivity contribution in [3.63, 3.8) is 0 Å². The molecule has 266 valence electrons. The molecule has 1 aliphatic carbocycles. The number of pyridine rings is 1. The van der Waals surface area contributed by atoms with E-state index in [1.54, 1.807) is 0 Å². The number of para-hydroxylation sites is 1. The molecule has 5 nitrogen and oxygen atoms in total. The fourth-order valence-electron chi connectivity index (χ4n) is 7.97. The Balaban J connectivity index is 0.00000448. The number of fused-ring (bicyclic) bond motifs is 3. The normalized spacial score (nSPS) is 16.2. The summed E-state index contributed by atoms with van der Waals surface area (Å²) >= 11 is 0. The molecule has 2 atom stereocenters. The molecule has 0 radical (unpaired) electrons. The number of hydrogen-bond donors (Lipinski definition) is 0. The zero-order valence-electron chi connectivity index (χ0n) is 31.3. The first-order chi connectivity index (χ1) is 24.1. The van der Waals surface area contributed by atoms with E-state index in [0.717, 1.165) is 59.3 Å². The van der Waals surface area contributed by atoms with Crippen molar-refractivity contribution in [2.75, 3.05) is 0 Å². The minimum atomic E-state index is 0. The number of benzene rings is 3. The fourth-order valence-corrected chi connectivity index (χ4v) is 7.97. The summed E-state index contributed by atoms with van der Waals surface area (Å²) in [5, 5.41) is 7.53. The number of rotatable bonds is 10. The molecule has 0 fully saturated rings. The molecular formula is C45H50N4OPt. The van der Waals surface area contributed by atoms with Crippen LogP contribution in [0.4, 0.5) is 0 Å². The van der Waals surface area contributed by atoms with Crippen LogP contribution in [0.5, 0.6) is 11.5 Å². The van der Waals surface area contributed by atoms with Crippen LogP contribution in [0, 0.1) is 30.9 Å². The third kappa shape index (κ3) is 7.25. The molecule has 1 unspecified atom stereocenters. The van der Waals surface area contributed by atoms with Crippen molar-refractivity contribution < 1.29 is 25.8 Å². The summed E-state index contributed by atoms with van der Waals surface area (Å²) in [7, 11) is 0. The van der Waals surface area contributed by atoms with Gasteiger partial charge in [0.2, 0.25) is 0 Å². The largest absolute Gasteiger partial charge is 2.00 e. The minimum absolute atomic E-state index is 0. The van der Waals surface area contributed by atoms with Gasteiger partial charge in [-0.1, -0.05) is 83.3 Å². The topological polar surface area (TPSA) is 44.9 Å². The van der Waals surface area contributed by atoms with Crippen molar-refractivity contribution in [2.24, 2.45) is 11.8 Å². The molecule has 3 heterocycles. The van der Waals surface area contributed by atoms with Crippen molar-refractivity contribution in [1.29, 1.82) is 0 Å². The number of ether oxygens (including phenoxy) is 1. The standard InChI is InChI=1S/C45H50N4O.Pt/c1-9-13-33-20-21-46-43(23-33)48-40-17-11-10-16-38(40)39-19-18-36(27-41(39)48)50-37-25-34(29(4)5)24-35(26-37)49-42(22-28(2)3)45(32(8)47-49)44-30(6)14-12-15-31(44)7;/h10-11,14,16-21,23-25,28-29,31,44H,9,12-13,15,22H2,1-8H3;/q-2;+2/t31-,44?;/m0./s1. The van der Waals surface area contributed by atoms with Gasteiger partial charge >= 0.3 is 21.1 Å². The third-order valence-electron chi connectivity index (χ3n) is 10.4. The Morgan fingerprint density at radius 3 is 2.49 bits per heavy atom. The number of nitrogens with zero attached hydrogens (tertiary/aromatic N) is 4. The van der Waals surface area contributed by atoms with Gasteiger partial charge in [-0.15, -0.1) is 41.3 Å². The molecule has 1 aliphatic rings. The van der Waals surface area contributed by atoms with Gasteiger partial charge in [0.25, 0.3) is 0 Å². The molecule has 0 spiro atoms. The molecule has 0 N–H and O–H groups in total. The van der Waals surface area contributed by atoms with Crippen LogP contribution in [0.2, 0.25) is 0 Å². The van der Waals surface area contributed by atoms with E-state index in [1.165, 1.54) is 39.8 Å². The van der Waals surface area contributed by atoms with Gasteiger partial charge in [0, 0.05) is 40.4 Å². The molecule has 0 bridgehead atoms. The minimum Gasteiger partial charge on any atom is -0.509 e. The van der Waals surface area contributed by atoms with Gasteiger partial charge in [0.15, 0.2) is 0 Å². The van der Waals surface area contributed by atoms with Crippen LogP contribution in [-0.2, 0) is 33.9 Å². The summed E-state index contributed by atoms with van der Waals surface area (Å²) < 4.78 is 11.1. The zero-order valence-corrected chi connectivity index (χ0v) is 33.6. The second-order valence-corrected chi connectivity index (χ2v) is 15.1. The van der Waals surface area contributed by atoms with Crippen molar-refractivity contribution >= 4 is 21.8 Å². The molecule has 0 saturated carbocycles. The van der Waals surface area contributed by atoms with E-state index < -0.39 is 0 Å². The van der Waals surface area contributed by atoms with Gasteiger partial charge in [-0.25, -0.2) is 4.98 Å². The van der Waals surface area contributed by atoms with Crippen LogP contribution in [-0.4, -0.2) is 19.3 Å². The molecule has 3 aromatic heterocycles. The molecule has 6 aromatic rings. The van der Waals surface area contributed by atoms with Gasteiger partial charge in [0.05, 0.1) is 5.69 Å². The fraction of sp³-hybridized carbons (Fsp3) is 0.378. The van der Waals surface area contributed by atoms with Crippen molar-refractivity contribution in [1.82, 2.24) is 19.3 Å². The predicted octanol–water partition coefficient (Wildman–Crippen LogP) is 11.8. The average molecular weight is 858 g/mol. The van der Waals surface area contributed by atoms with Crippen molar-refractivity contribution in [2.45, 2.75) is 99.3 Å². The number of hydrogen-bond acceptors (Lipinski definition) is 3. The van der Waals surface area contributed by atoms with E-state index in [-0.39, 0.29) is 21.1 Å². The Labute approximate surface area is 318 Å². The zero-order chi connectivity index (χ0) is 35.1. The summed E-state index contributed by atoms with van der Waals surface area (Å²) in [5.41, 5.74) is 10.7. The molecule has 0 aliphatic heterocycles. The van der Waals surface area contributed by atoms with E-state index in [0.29, 0.717) is 35.2 Å². The Bertz CT molecular complexity index is 2200. The molecule has 3 aromatic carbocycles. The summed E-state index contributed by atoms with van der Waals surface area (Å²) in [6.45, 7) is 18.2. The SMILES string of the molecule is CCCc1ccnc(-n2c3[c-]c(Oc4[c-]c(-n5nc(C)c(C6C(C)=CCC[C@@H]6C)c5CC(C)C)cc(C(C)C)c4)ccc3c3ccccc32)c1.[Pt+2]. The maximum atomic E-state index is 6.70. The Morgan fingerprint density at radius 2 is 1.75 bits per heavy atom. The van der Waals surface area contributed by atoms with Crippen LogP contribution in [0.1, 0.15) is 108 Å². The van der Waals surface area contributed by atoms with Crippen molar-refractivity contribution in [3.05, 3.63) is 119 Å². The van der Waals surface area contributed by atoms with E-state index in [1.807, 2.05) is 12.3 Å². The number of aromatic nitrogens is 4. The second kappa shape index (κ2) is 15.3. The first kappa shape index (κ1) is 36.8. The first-order valence-electron chi connectivity index (χ1n) is 18.5. The van der Waals surface area contributed by atoms with E-state index in [2.05, 4.69) is 137 Å². The Hall–Kier alpha value is -3.95. The van der Waals surface area contributed by atoms with Gasteiger partial charge in [-0.2, -0.15) is 11.2 Å². The summed E-state index contributed by atoms with van der Waals surface area (Å²) in [5.74, 6) is 3.96. The maximum Gasteiger partial charge on any atom is 2.00 e. The van der Waals surface area contributed by atoms with E-state index in [9.17, 15) is 0 Å². The van der Waals surface area contributed by atoms with Gasteiger partial charge in [-0.3, -0.25) is 4.68 Å². The quantitative estimate of drug-likeness (QED) is 0.102. The average Bonchev–Trinajstić information content (AvgIpc) is 3.58. The summed E-state index contributed by atoms with van der Waals surface area (Å²) in [6.07, 6.45) is 9.77. The van der Waals surface area contributed by atoms with Crippen molar-refractivity contribution in [3.8, 4) is 23.0 Å². The Morgan fingerprint density at radius 1 is 0.941 bits per heavy atom. The number of allylic oxidation sites excluding steroid dienone is 2. The van der Waals surface area contributed by atoms with Crippen LogP contribution in [0.3, 0.4) is 0 Å². The third-order valence-corrected chi connectivity index (χ3v) is 10.4. The molecule has 7 rings (SSSR count). The van der Waals surface area contributed by atoms with Gasteiger partial charge in [-0.05, 0) is 92.1 Å². The number of aryl methyl sites for hydroxylation is 2. The molecule has 51 heavy (non-hydrogen) atoms. The monoisotopic (exact) mass is 857 g/mol. The predicted molar refractivity (Wildman–Crippen MR) is 206 cm³/mol. The Kier molecular flexibility index (Phi) is 11.1.